The summed E-state index contributed by atoms with van der Waals surface area (Å²) >= 11 is 39.5. The number of benzene rings is 9. The van der Waals surface area contributed by atoms with Gasteiger partial charge in [-0.3, -0.25) is 9.59 Å². The van der Waals surface area contributed by atoms with Crippen molar-refractivity contribution in [3.8, 4) is 68.1 Å². The normalized spacial score (nSPS) is 11.9. The molecule has 0 bridgehead atoms. The van der Waals surface area contributed by atoms with E-state index in [-0.39, 0.29) is 172 Å². The molecular weight excluding hydrogens is 1690 g/mol. The third kappa shape index (κ3) is 31.7. The summed E-state index contributed by atoms with van der Waals surface area (Å²) in [7, 11) is 1.68. The second-order valence-electron chi connectivity index (χ2n) is 22.1. The maximum atomic E-state index is 12.8. The third-order valence-corrected chi connectivity index (χ3v) is 17.4. The van der Waals surface area contributed by atoms with Crippen LogP contribution in [0, 0.1) is 0 Å². The van der Waals surface area contributed by atoms with Crippen LogP contribution in [0.5, 0.6) is 17.2 Å². The Morgan fingerprint density at radius 1 is 0.513 bits per heavy atom. The van der Waals surface area contributed by atoms with E-state index in [1.165, 1.54) is 0 Å². The van der Waals surface area contributed by atoms with Gasteiger partial charge >= 0.3 is 121 Å². The largest absolute Gasteiger partial charge is 1.00 e. The first-order valence-electron chi connectivity index (χ1n) is 32.4. The van der Waals surface area contributed by atoms with Crippen molar-refractivity contribution in [2.24, 2.45) is 0 Å². The molecule has 3 aromatic heterocycles. The van der Waals surface area contributed by atoms with Gasteiger partial charge in [-0.25, -0.2) is 23.6 Å². The molecule has 13 rings (SSSR count). The number of aromatic nitrogens is 6. The molecule has 4 heterocycles. The summed E-state index contributed by atoms with van der Waals surface area (Å²) in [5.41, 5.74) is 8.90. The van der Waals surface area contributed by atoms with Gasteiger partial charge in [0.1, 0.15) is 22.1 Å². The van der Waals surface area contributed by atoms with Gasteiger partial charge in [0, 0.05) is 78.1 Å². The fraction of sp³-hybridized carbons (Fsp3) is 0.202. The number of phenols is 1. The number of nitrogens with zero attached hydrogens (tertiary/aromatic N) is 6. The molecular formula is C84H89BrCl6K2N6O14. The number of aliphatic carboxylic acids is 1. The number of para-hydroxylation sites is 3. The molecule has 4 unspecified atom stereocenters. The second-order valence-corrected chi connectivity index (χ2v) is 25.6. The molecule has 2 N–H and O–H groups in total. The molecule has 0 saturated carbocycles. The Labute approximate surface area is 785 Å². The van der Waals surface area contributed by atoms with E-state index in [1.807, 2.05) is 109 Å². The van der Waals surface area contributed by atoms with E-state index in [2.05, 4.69) is 36.1 Å². The number of halogens is 7. The Hall–Kier alpha value is -6.74. The van der Waals surface area contributed by atoms with Crippen LogP contribution in [-0.2, 0) is 43.0 Å². The zero-order valence-electron chi connectivity index (χ0n) is 59.8. The Morgan fingerprint density at radius 3 is 1.19 bits per heavy atom. The van der Waals surface area contributed by atoms with E-state index in [9.17, 15) is 24.6 Å². The predicted octanol–water partition coefficient (Wildman–Crippen LogP) is 16.3. The molecule has 0 amide bonds. The number of hydrogen-bond donors (Lipinski definition) is 2. The molecule has 0 spiro atoms. The predicted molar refractivity (Wildman–Crippen MR) is 445 cm³/mol. The van der Waals surface area contributed by atoms with Crippen molar-refractivity contribution in [1.29, 1.82) is 0 Å². The number of carboxylic acids is 1. The van der Waals surface area contributed by atoms with Gasteiger partial charge in [0.05, 0.1) is 65.9 Å². The summed E-state index contributed by atoms with van der Waals surface area (Å²) in [4.78, 5) is 46.9. The van der Waals surface area contributed by atoms with Crippen LogP contribution >= 0.6 is 85.5 Å². The van der Waals surface area contributed by atoms with Gasteiger partial charge in [0.25, 0.3) is 6.47 Å². The maximum absolute atomic E-state index is 12.8. The Balaban J connectivity index is 0.00000144. The number of rotatable bonds is 20. The van der Waals surface area contributed by atoms with Gasteiger partial charge in [-0.2, -0.15) is 15.3 Å². The Kier molecular flexibility index (Phi) is 50.7. The molecule has 590 valence electrons. The summed E-state index contributed by atoms with van der Waals surface area (Å²) in [6.07, 6.45) is 5.20. The van der Waals surface area contributed by atoms with Crippen LogP contribution in [0.4, 0.5) is 0 Å². The zero-order valence-corrected chi connectivity index (χ0v) is 71.2. The van der Waals surface area contributed by atoms with Crippen molar-refractivity contribution in [2.75, 3.05) is 26.9 Å². The van der Waals surface area contributed by atoms with Crippen molar-refractivity contribution in [1.82, 2.24) is 29.3 Å². The topological polar surface area (TPSA) is 250 Å². The van der Waals surface area contributed by atoms with E-state index in [0.29, 0.717) is 76.1 Å². The van der Waals surface area contributed by atoms with Crippen molar-refractivity contribution < 1.29 is 172 Å². The van der Waals surface area contributed by atoms with Gasteiger partial charge in [-0.05, 0) is 171 Å². The van der Waals surface area contributed by atoms with Gasteiger partial charge in [-0.15, -0.1) is 0 Å². The molecule has 0 aliphatic carbocycles. The number of carbonyl (C=O) groups is 4. The number of alkyl halides is 1. The van der Waals surface area contributed by atoms with Crippen molar-refractivity contribution >= 4 is 110 Å². The molecule has 29 heteroatoms. The number of hydrogen-bond acceptors (Lipinski definition) is 16. The fourth-order valence-electron chi connectivity index (χ4n) is 10.1. The SMILES string of the molecule is C.C.C.C.C.CCOC(=O)C(Br)c1ccc(Cl)cc1.CCOC(=O)C(Oc1ccc(Cl)cc1-c1ccnn1-c1ccccc1)c1ccc(Cl)cc1.COC1CCCO1.O=C(O)C(Oc1ccc(Cl)cc1-c1ccnn1-c1ccccc1)c1ccc(Cl)cc1.O=CO[O-].Oc1ccc(Cl)cc1-c1ccnn1-c1ccccc1.[H-].[K+].[K+]. The summed E-state index contributed by atoms with van der Waals surface area (Å²) < 4.78 is 37.6. The van der Waals surface area contributed by atoms with Gasteiger partial charge in [-0.1, -0.05) is 214 Å². The van der Waals surface area contributed by atoms with Gasteiger partial charge in [0.15, 0.2) is 6.29 Å². The summed E-state index contributed by atoms with van der Waals surface area (Å²) in [5, 5.41) is 44.7. The molecule has 9 aromatic carbocycles. The van der Waals surface area contributed by atoms with Crippen LogP contribution in [-0.4, -0.2) is 97.2 Å². The first-order valence-corrected chi connectivity index (χ1v) is 35.6. The number of phenolic OH excluding ortho intramolecular Hbond substituents is 1. The number of ether oxygens (including phenoxy) is 6. The van der Waals surface area contributed by atoms with Crippen LogP contribution in [0.25, 0.3) is 50.8 Å². The summed E-state index contributed by atoms with van der Waals surface area (Å²) in [6.45, 7) is 4.84. The molecule has 4 atom stereocenters. The number of esters is 2. The molecule has 113 heavy (non-hydrogen) atoms. The van der Waals surface area contributed by atoms with Crippen LogP contribution in [0.3, 0.4) is 0 Å². The summed E-state index contributed by atoms with van der Waals surface area (Å²) in [6, 6.07) is 70.4. The number of carbonyl (C=O) groups excluding carboxylic acids is 3. The molecule has 12 aromatic rings. The van der Waals surface area contributed by atoms with E-state index in [1.54, 1.807) is 181 Å². The number of methoxy groups -OCH3 is 1. The molecule has 1 aliphatic heterocycles. The van der Waals surface area contributed by atoms with E-state index in [4.69, 9.17) is 108 Å². The smallest absolute Gasteiger partial charge is 1.00 e. The van der Waals surface area contributed by atoms with Crippen molar-refractivity contribution in [3.05, 3.63) is 302 Å². The number of aromatic hydroxyl groups is 1. The maximum Gasteiger partial charge on any atom is 1.00 e. The second kappa shape index (κ2) is 55.0. The van der Waals surface area contributed by atoms with Crippen LogP contribution in [0.15, 0.2) is 255 Å². The first-order chi connectivity index (χ1) is 51.3. The van der Waals surface area contributed by atoms with E-state index >= 15 is 0 Å². The minimum Gasteiger partial charge on any atom is -1.00 e. The van der Waals surface area contributed by atoms with E-state index < -0.39 is 29.0 Å². The van der Waals surface area contributed by atoms with Crippen molar-refractivity contribution in [3.63, 3.8) is 0 Å². The molecule has 0 radical (unpaired) electrons. The average Bonchev–Trinajstić information content (AvgIpc) is 1.55. The molecule has 1 fully saturated rings. The van der Waals surface area contributed by atoms with E-state index in [0.717, 1.165) is 59.2 Å². The van der Waals surface area contributed by atoms with Crippen molar-refractivity contribution in [2.45, 2.75) is 87.1 Å². The van der Waals surface area contributed by atoms with Crippen LogP contribution in [0.2, 0.25) is 30.1 Å². The van der Waals surface area contributed by atoms with Gasteiger partial charge < -0.3 is 50.2 Å². The van der Waals surface area contributed by atoms with Crippen LogP contribution < -0.4 is 118 Å². The standard InChI is InChI=1S/C25H20Cl2N2O3.C23H16Cl2N2O3.C15H11ClN2O.C10H10BrClO2.C5H10O2.CH2O3.5CH4.2K.H/c1-2-31-25(30)24(17-8-10-18(26)11-9-17)32-23-13-12-19(27)16-21(23)22-14-15-28-29(22)20-6-4-3-5-7-20;24-16-8-6-15(7-9-16)22(23(28)29)30-21-11-10-17(25)14-19(21)20-12-13-26-27(20)18-4-2-1-3-5-18;16-11-6-7-15(19)13(10-11)14-8-9-17-18(14)12-4-2-1-3-5-12;1-2-14-10(13)9(11)7-3-5-8(12)6-4-7;1-6-5-3-2-4-7-5;2-1-4-3;;;;;;;;/h3-16,24H,2H2,1H3;1-14,22H,(H,28,29);1-10,19H;3-6,9H,2H2,1H3;5H,2-4H2,1H3;1,3H;5*1H4;;;/q;;;;;;;;;;;2*+1;-1/p-1. The number of carboxylic acid groups (broad SMARTS) is 1. The average molecular weight is 1780 g/mol. The Morgan fingerprint density at radius 2 is 0.850 bits per heavy atom. The minimum atomic E-state index is -1.21. The van der Waals surface area contributed by atoms with Gasteiger partial charge in [0.2, 0.25) is 12.2 Å². The quantitative estimate of drug-likeness (QED) is 0.0180. The monoisotopic (exact) mass is 1770 g/mol. The molecule has 1 aliphatic rings. The molecule has 20 nitrogen and oxygen atoms in total. The van der Waals surface area contributed by atoms with Crippen LogP contribution in [0.1, 0.15) is 99.0 Å². The minimum absolute atomic E-state index is 0. The zero-order chi connectivity index (χ0) is 75.9. The fourth-order valence-corrected chi connectivity index (χ4v) is 11.5. The first kappa shape index (κ1) is 104. The summed E-state index contributed by atoms with van der Waals surface area (Å²) in [5.74, 6) is -0.863. The Bertz CT molecular complexity index is 4760. The molecule has 1 saturated heterocycles. The third-order valence-electron chi connectivity index (χ3n) is 15.0.